The molecule has 14 heteroatoms. The van der Waals surface area contributed by atoms with Crippen molar-refractivity contribution in [3.63, 3.8) is 0 Å². The lowest BCUT2D eigenvalue weighted by Gasteiger charge is -2.39. The molecule has 4 aliphatic rings. The van der Waals surface area contributed by atoms with Crippen molar-refractivity contribution in [3.05, 3.63) is 101 Å². The summed E-state index contributed by atoms with van der Waals surface area (Å²) in [5.74, 6) is 6.22. The Labute approximate surface area is 344 Å². The van der Waals surface area contributed by atoms with Crippen LogP contribution in [0.4, 0.5) is 49.1 Å². The number of fused-ring (bicyclic) bond motifs is 4. The lowest BCUT2D eigenvalue weighted by atomic mass is 9.82. The summed E-state index contributed by atoms with van der Waals surface area (Å²) in [7, 11) is 5.42. The van der Waals surface area contributed by atoms with Crippen LogP contribution in [0, 0.1) is 29.4 Å². The zero-order valence-electron chi connectivity index (χ0n) is 34.2. The molecule has 2 aromatic carbocycles. The van der Waals surface area contributed by atoms with E-state index in [1.807, 2.05) is 43.4 Å². The quantitative estimate of drug-likeness (QED) is 0.147. The second-order valence-electron chi connectivity index (χ2n) is 17.0. The predicted molar refractivity (Wildman–Crippen MR) is 227 cm³/mol. The largest absolute Gasteiger partial charge is 0.481 e. The maximum absolute atomic E-state index is 13.7. The summed E-state index contributed by atoms with van der Waals surface area (Å²) in [6, 6.07) is 17.2. The van der Waals surface area contributed by atoms with Gasteiger partial charge in [-0.05, 0) is 96.8 Å². The molecule has 2 fully saturated rings. The van der Waals surface area contributed by atoms with Gasteiger partial charge in [0.1, 0.15) is 40.7 Å². The van der Waals surface area contributed by atoms with Crippen molar-refractivity contribution in [2.45, 2.75) is 57.8 Å². The number of benzene rings is 2. The van der Waals surface area contributed by atoms with Gasteiger partial charge in [0.2, 0.25) is 11.2 Å². The fourth-order valence-electron chi connectivity index (χ4n) is 9.57. The third kappa shape index (κ3) is 7.44. The predicted octanol–water partition coefficient (Wildman–Crippen LogP) is 8.94. The molecule has 3 aromatic heterocycles. The van der Waals surface area contributed by atoms with Gasteiger partial charge >= 0.3 is 0 Å². The summed E-state index contributed by atoms with van der Waals surface area (Å²) in [5.41, 5.74) is 4.93. The molecule has 1 saturated heterocycles. The molecule has 304 valence electrons. The molecule has 6 heterocycles. The first-order chi connectivity index (χ1) is 27.8. The number of nitrogens with zero attached hydrogens (tertiary/aromatic N) is 8. The van der Waals surface area contributed by atoms with Crippen molar-refractivity contribution in [2.75, 3.05) is 72.7 Å². The van der Waals surface area contributed by atoms with Gasteiger partial charge < -0.3 is 30.1 Å². The number of pyridine rings is 1. The molecule has 0 amide bonds. The number of halogens is 3. The molecular weight excluding hydrogens is 758 g/mol. The molecule has 3 aliphatic heterocycles. The molecule has 5 aromatic rings. The van der Waals surface area contributed by atoms with Crippen LogP contribution >= 0.6 is 11.6 Å². The summed E-state index contributed by atoms with van der Waals surface area (Å²) >= 11 is 6.03. The van der Waals surface area contributed by atoms with E-state index in [9.17, 15) is 8.78 Å². The fourth-order valence-corrected chi connectivity index (χ4v) is 9.74. The van der Waals surface area contributed by atoms with Gasteiger partial charge in [0, 0.05) is 98.0 Å². The van der Waals surface area contributed by atoms with E-state index < -0.39 is 0 Å². The van der Waals surface area contributed by atoms with Crippen molar-refractivity contribution < 1.29 is 13.5 Å². The van der Waals surface area contributed by atoms with Crippen LogP contribution in [0.1, 0.15) is 57.5 Å². The zero-order valence-corrected chi connectivity index (χ0v) is 34.9. The summed E-state index contributed by atoms with van der Waals surface area (Å²) < 4.78 is 32.1. The van der Waals surface area contributed by atoms with Gasteiger partial charge in [-0.1, -0.05) is 27.7 Å². The highest BCUT2D eigenvalue weighted by atomic mass is 35.5. The first kappa shape index (κ1) is 39.5. The van der Waals surface area contributed by atoms with E-state index >= 15 is 0 Å². The molecule has 1 aliphatic carbocycles. The van der Waals surface area contributed by atoms with Gasteiger partial charge in [0.15, 0.2) is 0 Å². The Morgan fingerprint density at radius 1 is 0.724 bits per heavy atom. The van der Waals surface area contributed by atoms with Gasteiger partial charge in [-0.15, -0.1) is 0 Å². The van der Waals surface area contributed by atoms with E-state index in [1.54, 1.807) is 19.2 Å². The van der Waals surface area contributed by atoms with Gasteiger partial charge in [0.25, 0.3) is 0 Å². The third-order valence-corrected chi connectivity index (χ3v) is 12.4. The Hall–Kier alpha value is -5.30. The summed E-state index contributed by atoms with van der Waals surface area (Å²) in [5, 5.41) is 6.64. The molecule has 9 rings (SSSR count). The molecule has 2 atom stereocenters. The summed E-state index contributed by atoms with van der Waals surface area (Å²) in [6.07, 6.45) is 5.19. The van der Waals surface area contributed by atoms with E-state index in [0.717, 1.165) is 84.2 Å². The van der Waals surface area contributed by atoms with Gasteiger partial charge in [-0.3, -0.25) is 0 Å². The monoisotopic (exact) mass is 808 g/mol. The van der Waals surface area contributed by atoms with Crippen molar-refractivity contribution in [2.24, 2.45) is 17.8 Å². The number of ether oxygens (including phenoxy) is 1. The zero-order chi connectivity index (χ0) is 40.9. The van der Waals surface area contributed by atoms with Gasteiger partial charge in [-0.25, -0.2) is 28.7 Å². The standard InChI is InChI=1S/C29H35FN6O.C15H16ClFN4/c1-29(2)17-36(21-9-7-20(30)8-10-21)28-26(29)27(31-3)33-24(34-28)14-23-18-5-6-19(23)16-35(15-18)22-11-12-32-25(13-22)37-4;1-15(2)8-21(10-6-4-9(17)5-7-10)13-11(15)12(18-3)19-14(16)20-13/h7-13,18-19,23H,5-6,14-17H2,1-4H3,(H,31,33,34);4-7H,8H2,1-3H3,(H,18,19,20). The van der Waals surface area contributed by atoms with Crippen LogP contribution in [0.15, 0.2) is 66.9 Å². The molecule has 2 bridgehead atoms. The minimum Gasteiger partial charge on any atom is -0.481 e. The van der Waals surface area contributed by atoms with Crippen LogP contribution in [0.2, 0.25) is 5.28 Å². The molecule has 2 unspecified atom stereocenters. The van der Waals surface area contributed by atoms with Crippen LogP contribution in [0.25, 0.3) is 0 Å². The van der Waals surface area contributed by atoms with Gasteiger partial charge in [-0.2, -0.15) is 4.98 Å². The first-order valence-electron chi connectivity index (χ1n) is 19.9. The summed E-state index contributed by atoms with van der Waals surface area (Å²) in [4.78, 5) is 29.9. The van der Waals surface area contributed by atoms with E-state index in [2.05, 4.69) is 69.1 Å². The summed E-state index contributed by atoms with van der Waals surface area (Å²) in [6.45, 7) is 12.3. The average molecular weight is 809 g/mol. The maximum Gasteiger partial charge on any atom is 0.226 e. The van der Waals surface area contributed by atoms with Crippen molar-refractivity contribution in [1.29, 1.82) is 0 Å². The van der Waals surface area contributed by atoms with E-state index in [0.29, 0.717) is 23.6 Å². The second-order valence-corrected chi connectivity index (χ2v) is 17.4. The molecule has 0 spiro atoms. The average Bonchev–Trinajstić information content (AvgIpc) is 3.73. The number of hydrogen-bond donors (Lipinski definition) is 2. The Balaban J connectivity index is 0.000000189. The molecule has 2 N–H and O–H groups in total. The lowest BCUT2D eigenvalue weighted by molar-refractivity contribution is 0.265. The highest BCUT2D eigenvalue weighted by Crippen LogP contribution is 2.49. The fraction of sp³-hybridized carbons (Fsp3) is 0.432. The lowest BCUT2D eigenvalue weighted by Crippen LogP contribution is -2.43. The number of aromatic nitrogens is 5. The van der Waals surface area contributed by atoms with Gasteiger partial charge in [0.05, 0.1) is 7.11 Å². The Morgan fingerprint density at radius 3 is 1.76 bits per heavy atom. The maximum atomic E-state index is 13.7. The minimum absolute atomic E-state index is 0.128. The normalized spacial score (nSPS) is 20.9. The Bertz CT molecular complexity index is 2280. The molecule has 58 heavy (non-hydrogen) atoms. The molecule has 0 radical (unpaired) electrons. The molecule has 1 saturated carbocycles. The topological polar surface area (TPSA) is 107 Å². The van der Waals surface area contributed by atoms with Crippen LogP contribution in [0.3, 0.4) is 0 Å². The number of piperidine rings is 1. The van der Waals surface area contributed by atoms with Crippen LogP contribution in [-0.2, 0) is 17.3 Å². The number of anilines is 7. The van der Waals surface area contributed by atoms with Crippen LogP contribution in [0.5, 0.6) is 5.88 Å². The second kappa shape index (κ2) is 15.5. The van der Waals surface area contributed by atoms with E-state index in [4.69, 9.17) is 26.3 Å². The highest BCUT2D eigenvalue weighted by molar-refractivity contribution is 6.28. The SMILES string of the molecule is CNc1nc(CC2C3CCC2CN(c2ccnc(OC)c2)C3)nc2c1C(C)(C)CN2c1ccc(F)cc1.CNc1nc(Cl)nc2c1C(C)(C)CN2c1ccc(F)cc1. The smallest absolute Gasteiger partial charge is 0.226 e. The third-order valence-electron chi connectivity index (χ3n) is 12.3. The number of nitrogens with one attached hydrogen (secondary N) is 2. The van der Waals surface area contributed by atoms with Crippen molar-refractivity contribution >= 4 is 51.9 Å². The Kier molecular flexibility index (Phi) is 10.5. The van der Waals surface area contributed by atoms with Crippen LogP contribution < -0.4 is 30.1 Å². The number of hydrogen-bond acceptors (Lipinski definition) is 11. The number of methoxy groups -OCH3 is 1. The Morgan fingerprint density at radius 2 is 1.24 bits per heavy atom. The minimum atomic E-state index is -0.255. The number of rotatable bonds is 8. The van der Waals surface area contributed by atoms with Crippen molar-refractivity contribution in [3.8, 4) is 5.88 Å². The first-order valence-corrected chi connectivity index (χ1v) is 20.3. The van der Waals surface area contributed by atoms with Crippen molar-refractivity contribution in [1.82, 2.24) is 24.9 Å². The molecule has 11 nitrogen and oxygen atoms in total. The van der Waals surface area contributed by atoms with E-state index in [1.165, 1.54) is 42.8 Å². The molecular formula is C44H51ClF2N10O. The van der Waals surface area contributed by atoms with E-state index in [-0.39, 0.29) is 27.7 Å². The van der Waals surface area contributed by atoms with Crippen LogP contribution in [-0.4, -0.2) is 72.3 Å². The highest BCUT2D eigenvalue weighted by Gasteiger charge is 2.45.